The van der Waals surface area contributed by atoms with Crippen molar-refractivity contribution in [2.24, 2.45) is 0 Å². The van der Waals surface area contributed by atoms with E-state index in [4.69, 9.17) is 5.11 Å². The van der Waals surface area contributed by atoms with Crippen molar-refractivity contribution in [1.82, 2.24) is 0 Å². The van der Waals surface area contributed by atoms with Gasteiger partial charge in [0.05, 0.1) is 5.56 Å². The van der Waals surface area contributed by atoms with Crippen LogP contribution in [0.1, 0.15) is 41.3 Å². The number of carboxylic acids is 1. The molecule has 1 rings (SSSR count). The average Bonchev–Trinajstić information content (AvgIpc) is 2.15. The molecule has 1 aromatic rings. The number of benzene rings is 1. The normalized spacial score (nSPS) is 10.1. The van der Waals surface area contributed by atoms with E-state index >= 15 is 0 Å². The monoisotopic (exact) mass is 192 g/mol. The quantitative estimate of drug-likeness (QED) is 0.796. The number of carbonyl (C=O) groups is 1. The van der Waals surface area contributed by atoms with Gasteiger partial charge in [-0.3, -0.25) is 0 Å². The van der Waals surface area contributed by atoms with E-state index in [1.807, 2.05) is 13.0 Å². The zero-order valence-electron chi connectivity index (χ0n) is 8.71. The molecule has 0 heterocycles. The highest BCUT2D eigenvalue weighted by Crippen LogP contribution is 2.16. The zero-order chi connectivity index (χ0) is 10.6. The minimum atomic E-state index is -0.820. The van der Waals surface area contributed by atoms with Crippen LogP contribution in [0.5, 0.6) is 0 Å². The summed E-state index contributed by atoms with van der Waals surface area (Å²) in [5, 5.41) is 8.99. The lowest BCUT2D eigenvalue weighted by molar-refractivity contribution is 0.0695. The summed E-state index contributed by atoms with van der Waals surface area (Å²) in [5.74, 6) is -0.820. The van der Waals surface area contributed by atoms with Gasteiger partial charge in [0, 0.05) is 0 Å². The largest absolute Gasteiger partial charge is 0.478 e. The minimum Gasteiger partial charge on any atom is -0.478 e. The van der Waals surface area contributed by atoms with E-state index in [-0.39, 0.29) is 0 Å². The number of hydrogen-bond acceptors (Lipinski definition) is 1. The summed E-state index contributed by atoms with van der Waals surface area (Å²) in [5.41, 5.74) is 2.53. The van der Waals surface area contributed by atoms with Crippen LogP contribution >= 0.6 is 0 Å². The highest BCUT2D eigenvalue weighted by molar-refractivity contribution is 5.89. The standard InChI is InChI=1S/C12H16O2/c1-3-4-7-10-9(2)6-5-8-11(10)12(13)14/h5-6,8H,3-4,7H2,1-2H3,(H,13,14). The summed E-state index contributed by atoms with van der Waals surface area (Å²) in [7, 11) is 0. The highest BCUT2D eigenvalue weighted by Gasteiger charge is 2.10. The second-order valence-corrected chi connectivity index (χ2v) is 3.51. The molecule has 2 heteroatoms. The second kappa shape index (κ2) is 4.80. The molecule has 76 valence electrons. The first-order valence-corrected chi connectivity index (χ1v) is 4.98. The molecule has 0 atom stereocenters. The van der Waals surface area contributed by atoms with Crippen LogP contribution in [-0.2, 0) is 6.42 Å². The molecule has 0 aliphatic heterocycles. The summed E-state index contributed by atoms with van der Waals surface area (Å²) in [6.07, 6.45) is 3.00. The third-order valence-electron chi connectivity index (χ3n) is 2.42. The lowest BCUT2D eigenvalue weighted by atomic mass is 9.97. The van der Waals surface area contributed by atoms with Gasteiger partial charge in [-0.1, -0.05) is 25.5 Å². The maximum atomic E-state index is 10.9. The number of unbranched alkanes of at least 4 members (excludes halogenated alkanes) is 1. The Morgan fingerprint density at radius 1 is 1.43 bits per heavy atom. The maximum absolute atomic E-state index is 10.9. The fourth-order valence-corrected chi connectivity index (χ4v) is 1.59. The van der Waals surface area contributed by atoms with Gasteiger partial charge in [0.2, 0.25) is 0 Å². The van der Waals surface area contributed by atoms with Crippen LogP contribution in [-0.4, -0.2) is 11.1 Å². The van der Waals surface area contributed by atoms with E-state index in [1.54, 1.807) is 12.1 Å². The van der Waals surface area contributed by atoms with Gasteiger partial charge < -0.3 is 5.11 Å². The van der Waals surface area contributed by atoms with Crippen molar-refractivity contribution in [2.75, 3.05) is 0 Å². The van der Waals surface area contributed by atoms with Gasteiger partial charge in [0.25, 0.3) is 0 Å². The van der Waals surface area contributed by atoms with Crippen LogP contribution in [0.4, 0.5) is 0 Å². The molecule has 14 heavy (non-hydrogen) atoms. The molecule has 0 amide bonds. The molecule has 0 aliphatic rings. The summed E-state index contributed by atoms with van der Waals surface area (Å²) >= 11 is 0. The lowest BCUT2D eigenvalue weighted by Crippen LogP contribution is -2.04. The number of carboxylic acid groups (broad SMARTS) is 1. The molecule has 0 aliphatic carbocycles. The van der Waals surface area contributed by atoms with Crippen molar-refractivity contribution < 1.29 is 9.90 Å². The SMILES string of the molecule is CCCCc1c(C)cccc1C(=O)O. The van der Waals surface area contributed by atoms with Crippen molar-refractivity contribution in [2.45, 2.75) is 33.1 Å². The summed E-state index contributed by atoms with van der Waals surface area (Å²) < 4.78 is 0. The van der Waals surface area contributed by atoms with Crippen molar-refractivity contribution >= 4 is 5.97 Å². The van der Waals surface area contributed by atoms with Gasteiger partial charge in [0.1, 0.15) is 0 Å². The molecule has 0 spiro atoms. The molecule has 0 saturated heterocycles. The molecule has 0 unspecified atom stereocenters. The Bertz CT molecular complexity index is 329. The van der Waals surface area contributed by atoms with Crippen LogP contribution in [0.15, 0.2) is 18.2 Å². The average molecular weight is 192 g/mol. The second-order valence-electron chi connectivity index (χ2n) is 3.51. The van der Waals surface area contributed by atoms with Crippen LogP contribution in [0, 0.1) is 6.92 Å². The molecule has 1 aromatic carbocycles. The summed E-state index contributed by atoms with van der Waals surface area (Å²) in [6, 6.07) is 5.45. The first-order chi connectivity index (χ1) is 6.66. The molecule has 0 aromatic heterocycles. The Kier molecular flexibility index (Phi) is 3.69. The van der Waals surface area contributed by atoms with Gasteiger partial charge in [-0.2, -0.15) is 0 Å². The summed E-state index contributed by atoms with van der Waals surface area (Å²) in [4.78, 5) is 10.9. The van der Waals surface area contributed by atoms with Crippen molar-refractivity contribution in [3.63, 3.8) is 0 Å². The smallest absolute Gasteiger partial charge is 0.335 e. The molecule has 0 radical (unpaired) electrons. The predicted octanol–water partition coefficient (Wildman–Crippen LogP) is 3.04. The van der Waals surface area contributed by atoms with Crippen LogP contribution in [0.2, 0.25) is 0 Å². The molecule has 2 nitrogen and oxygen atoms in total. The van der Waals surface area contributed by atoms with Crippen LogP contribution in [0.3, 0.4) is 0 Å². The lowest BCUT2D eigenvalue weighted by Gasteiger charge is -2.08. The van der Waals surface area contributed by atoms with Gasteiger partial charge in [0.15, 0.2) is 0 Å². The van der Waals surface area contributed by atoms with E-state index < -0.39 is 5.97 Å². The molecule has 0 saturated carbocycles. The van der Waals surface area contributed by atoms with Crippen molar-refractivity contribution in [1.29, 1.82) is 0 Å². The van der Waals surface area contributed by atoms with Crippen LogP contribution in [0.25, 0.3) is 0 Å². The van der Waals surface area contributed by atoms with E-state index in [1.165, 1.54) is 0 Å². The van der Waals surface area contributed by atoms with E-state index in [9.17, 15) is 4.79 Å². The maximum Gasteiger partial charge on any atom is 0.335 e. The Hall–Kier alpha value is -1.31. The van der Waals surface area contributed by atoms with Crippen molar-refractivity contribution in [3.8, 4) is 0 Å². The Balaban J connectivity index is 3.02. The Labute approximate surface area is 84.6 Å². The number of aryl methyl sites for hydroxylation is 1. The third-order valence-corrected chi connectivity index (χ3v) is 2.42. The van der Waals surface area contributed by atoms with E-state index in [2.05, 4.69) is 6.92 Å². The fraction of sp³-hybridized carbons (Fsp3) is 0.417. The zero-order valence-corrected chi connectivity index (χ0v) is 8.71. The van der Waals surface area contributed by atoms with Crippen molar-refractivity contribution in [3.05, 3.63) is 34.9 Å². The minimum absolute atomic E-state index is 0.457. The fourth-order valence-electron chi connectivity index (χ4n) is 1.59. The van der Waals surface area contributed by atoms with Gasteiger partial charge in [-0.25, -0.2) is 4.79 Å². The predicted molar refractivity (Wildman–Crippen MR) is 56.8 cm³/mol. The highest BCUT2D eigenvalue weighted by atomic mass is 16.4. The van der Waals surface area contributed by atoms with Gasteiger partial charge in [-0.05, 0) is 37.0 Å². The topological polar surface area (TPSA) is 37.3 Å². The first kappa shape index (κ1) is 10.8. The number of rotatable bonds is 4. The number of aromatic carboxylic acids is 1. The Morgan fingerprint density at radius 3 is 2.71 bits per heavy atom. The first-order valence-electron chi connectivity index (χ1n) is 4.98. The Morgan fingerprint density at radius 2 is 2.14 bits per heavy atom. The molecule has 0 fully saturated rings. The van der Waals surface area contributed by atoms with Gasteiger partial charge >= 0.3 is 5.97 Å². The molecule has 1 N–H and O–H groups in total. The van der Waals surface area contributed by atoms with E-state index in [0.717, 1.165) is 30.4 Å². The molecular formula is C12H16O2. The number of hydrogen-bond donors (Lipinski definition) is 1. The van der Waals surface area contributed by atoms with Gasteiger partial charge in [-0.15, -0.1) is 0 Å². The third kappa shape index (κ3) is 2.34. The molecular weight excluding hydrogens is 176 g/mol. The van der Waals surface area contributed by atoms with Crippen LogP contribution < -0.4 is 0 Å². The summed E-state index contributed by atoms with van der Waals surface area (Å²) in [6.45, 7) is 4.08. The van der Waals surface area contributed by atoms with E-state index in [0.29, 0.717) is 5.56 Å². The molecule has 0 bridgehead atoms.